The normalized spacial score (nSPS) is 16.5. The van der Waals surface area contributed by atoms with Crippen LogP contribution in [0.4, 0.5) is 5.69 Å². The number of sulfonamides is 1. The zero-order valence-corrected chi connectivity index (χ0v) is 13.9. The lowest BCUT2D eigenvalue weighted by atomic mass is 10.0. The molecule has 0 amide bonds. The van der Waals surface area contributed by atoms with Crippen LogP contribution >= 0.6 is 11.6 Å². The minimum Gasteiger partial charge on any atom is -0.398 e. The lowest BCUT2D eigenvalue weighted by molar-refractivity contribution is 0.480. The van der Waals surface area contributed by atoms with E-state index in [1.165, 1.54) is 31.7 Å². The molecule has 1 aliphatic rings. The number of halogens is 1. The van der Waals surface area contributed by atoms with Gasteiger partial charge < -0.3 is 5.73 Å². The van der Waals surface area contributed by atoms with Crippen LogP contribution in [0.2, 0.25) is 5.02 Å². The summed E-state index contributed by atoms with van der Waals surface area (Å²) >= 11 is 5.90. The molecule has 1 aliphatic carbocycles. The minimum absolute atomic E-state index is 0.174. The van der Waals surface area contributed by atoms with E-state index in [0.717, 1.165) is 18.8 Å². The highest BCUT2D eigenvalue weighted by Gasteiger charge is 2.19. The Morgan fingerprint density at radius 1 is 1.33 bits per heavy atom. The molecule has 1 aromatic rings. The molecule has 118 valence electrons. The molecule has 0 radical (unpaired) electrons. The number of nitrogen functional groups attached to an aromatic ring is 1. The van der Waals surface area contributed by atoms with Gasteiger partial charge >= 0.3 is 0 Å². The average molecular weight is 331 g/mol. The molecule has 0 saturated heterocycles. The number of hydrogen-bond acceptors (Lipinski definition) is 3. The zero-order valence-electron chi connectivity index (χ0n) is 12.4. The standard InChI is InChI=1S/C15H23ClN2O2S/c1-11-14(17)9-13(16)10-15(11)21(19,20)18-8-4-7-12-5-2-3-6-12/h9-10,12,18H,2-8,17H2,1H3. The van der Waals surface area contributed by atoms with Crippen LogP contribution in [-0.2, 0) is 10.0 Å². The smallest absolute Gasteiger partial charge is 0.240 e. The Hall–Kier alpha value is -0.780. The summed E-state index contributed by atoms with van der Waals surface area (Å²) in [6.07, 6.45) is 7.18. The molecule has 2 rings (SSSR count). The van der Waals surface area contributed by atoms with Gasteiger partial charge in [0.2, 0.25) is 10.0 Å². The molecule has 0 unspecified atom stereocenters. The molecule has 0 atom stereocenters. The molecule has 1 saturated carbocycles. The van der Waals surface area contributed by atoms with Crippen LogP contribution in [0.15, 0.2) is 17.0 Å². The summed E-state index contributed by atoms with van der Waals surface area (Å²) < 4.78 is 27.3. The Balaban J connectivity index is 1.95. The largest absolute Gasteiger partial charge is 0.398 e. The fourth-order valence-corrected chi connectivity index (χ4v) is 4.59. The molecule has 0 bridgehead atoms. The molecule has 0 heterocycles. The van der Waals surface area contributed by atoms with Gasteiger partial charge in [0.15, 0.2) is 0 Å². The Morgan fingerprint density at radius 2 is 2.00 bits per heavy atom. The third-order valence-electron chi connectivity index (χ3n) is 4.21. The number of hydrogen-bond donors (Lipinski definition) is 2. The van der Waals surface area contributed by atoms with Gasteiger partial charge in [-0.25, -0.2) is 13.1 Å². The molecule has 4 nitrogen and oxygen atoms in total. The predicted molar refractivity (Wildman–Crippen MR) is 87.0 cm³/mol. The van der Waals surface area contributed by atoms with E-state index in [-0.39, 0.29) is 4.90 Å². The van der Waals surface area contributed by atoms with Crippen LogP contribution < -0.4 is 10.5 Å². The Labute approximate surface area is 132 Å². The van der Waals surface area contributed by atoms with Crippen molar-refractivity contribution in [2.75, 3.05) is 12.3 Å². The molecule has 1 fully saturated rings. The van der Waals surface area contributed by atoms with E-state index in [2.05, 4.69) is 4.72 Å². The molecule has 0 aromatic heterocycles. The van der Waals surface area contributed by atoms with Gasteiger partial charge in [-0.05, 0) is 43.4 Å². The summed E-state index contributed by atoms with van der Waals surface area (Å²) in [5, 5.41) is 0.337. The van der Waals surface area contributed by atoms with Crippen molar-refractivity contribution in [2.45, 2.75) is 50.3 Å². The van der Waals surface area contributed by atoms with Crippen LogP contribution in [0.25, 0.3) is 0 Å². The molecular formula is C15H23ClN2O2S. The monoisotopic (exact) mass is 330 g/mol. The average Bonchev–Trinajstić information content (AvgIpc) is 2.92. The summed E-state index contributed by atoms with van der Waals surface area (Å²) in [7, 11) is -3.55. The maximum absolute atomic E-state index is 12.3. The van der Waals surface area contributed by atoms with Gasteiger partial charge in [-0.15, -0.1) is 0 Å². The summed E-state index contributed by atoms with van der Waals surface area (Å²) in [5.41, 5.74) is 6.72. The molecule has 0 spiro atoms. The maximum Gasteiger partial charge on any atom is 0.240 e. The highest BCUT2D eigenvalue weighted by atomic mass is 35.5. The summed E-state index contributed by atoms with van der Waals surface area (Å²) in [5.74, 6) is 0.776. The number of nitrogens with two attached hydrogens (primary N) is 1. The van der Waals surface area contributed by atoms with E-state index in [0.29, 0.717) is 22.8 Å². The fraction of sp³-hybridized carbons (Fsp3) is 0.600. The first-order chi connectivity index (χ1) is 9.90. The molecule has 6 heteroatoms. The van der Waals surface area contributed by atoms with E-state index in [1.54, 1.807) is 13.0 Å². The Bertz CT molecular complexity index is 596. The first kappa shape index (κ1) is 16.6. The fourth-order valence-electron chi connectivity index (χ4n) is 2.93. The van der Waals surface area contributed by atoms with E-state index in [9.17, 15) is 8.42 Å². The lowest BCUT2D eigenvalue weighted by Crippen LogP contribution is -2.26. The van der Waals surface area contributed by atoms with E-state index in [4.69, 9.17) is 17.3 Å². The van der Waals surface area contributed by atoms with E-state index >= 15 is 0 Å². The van der Waals surface area contributed by atoms with Gasteiger partial charge in [-0.2, -0.15) is 0 Å². The Kier molecular flexibility index (Phi) is 5.52. The van der Waals surface area contributed by atoms with Gasteiger partial charge in [-0.1, -0.05) is 37.3 Å². The Morgan fingerprint density at radius 3 is 2.67 bits per heavy atom. The predicted octanol–water partition coefficient (Wildman–Crippen LogP) is 3.48. The topological polar surface area (TPSA) is 72.2 Å². The zero-order chi connectivity index (χ0) is 15.5. The number of nitrogens with one attached hydrogen (secondary N) is 1. The lowest BCUT2D eigenvalue weighted by Gasteiger charge is -2.12. The second-order valence-corrected chi connectivity index (χ2v) is 7.98. The first-order valence-corrected chi connectivity index (χ1v) is 9.31. The second-order valence-electron chi connectivity index (χ2n) is 5.81. The minimum atomic E-state index is -3.55. The molecule has 0 aliphatic heterocycles. The third kappa shape index (κ3) is 4.34. The quantitative estimate of drug-likeness (QED) is 0.619. The van der Waals surface area contributed by atoms with Crippen LogP contribution in [0, 0.1) is 12.8 Å². The highest BCUT2D eigenvalue weighted by molar-refractivity contribution is 7.89. The van der Waals surface area contributed by atoms with Crippen LogP contribution in [-0.4, -0.2) is 15.0 Å². The van der Waals surface area contributed by atoms with Crippen molar-refractivity contribution in [2.24, 2.45) is 5.92 Å². The van der Waals surface area contributed by atoms with Crippen molar-refractivity contribution >= 4 is 27.3 Å². The van der Waals surface area contributed by atoms with Crippen molar-refractivity contribution in [1.82, 2.24) is 4.72 Å². The summed E-state index contributed by atoms with van der Waals surface area (Å²) in [6, 6.07) is 3.02. The van der Waals surface area contributed by atoms with Gasteiger partial charge in [0, 0.05) is 17.3 Å². The first-order valence-electron chi connectivity index (χ1n) is 7.45. The van der Waals surface area contributed by atoms with Crippen molar-refractivity contribution in [3.05, 3.63) is 22.7 Å². The van der Waals surface area contributed by atoms with Crippen LogP contribution in [0.1, 0.15) is 44.1 Å². The maximum atomic E-state index is 12.3. The van der Waals surface area contributed by atoms with Crippen LogP contribution in [0.3, 0.4) is 0 Å². The summed E-state index contributed by atoms with van der Waals surface area (Å²) in [6.45, 7) is 2.16. The van der Waals surface area contributed by atoms with Gasteiger partial charge in [0.1, 0.15) is 0 Å². The van der Waals surface area contributed by atoms with Gasteiger partial charge in [0.25, 0.3) is 0 Å². The van der Waals surface area contributed by atoms with Crippen molar-refractivity contribution in [3.8, 4) is 0 Å². The van der Waals surface area contributed by atoms with E-state index in [1.807, 2.05) is 0 Å². The van der Waals surface area contributed by atoms with Crippen molar-refractivity contribution in [1.29, 1.82) is 0 Å². The second kappa shape index (κ2) is 6.99. The van der Waals surface area contributed by atoms with Crippen LogP contribution in [0.5, 0.6) is 0 Å². The van der Waals surface area contributed by atoms with Crippen molar-refractivity contribution < 1.29 is 8.42 Å². The number of benzene rings is 1. The molecule has 3 N–H and O–H groups in total. The molecule has 1 aromatic carbocycles. The number of anilines is 1. The highest BCUT2D eigenvalue weighted by Crippen LogP contribution is 2.29. The molecule has 21 heavy (non-hydrogen) atoms. The van der Waals surface area contributed by atoms with E-state index < -0.39 is 10.0 Å². The number of rotatable bonds is 6. The summed E-state index contributed by atoms with van der Waals surface area (Å²) in [4.78, 5) is 0.174. The van der Waals surface area contributed by atoms with Gasteiger partial charge in [0.05, 0.1) is 4.90 Å². The van der Waals surface area contributed by atoms with Crippen molar-refractivity contribution in [3.63, 3.8) is 0 Å². The SMILES string of the molecule is Cc1c(N)cc(Cl)cc1S(=O)(=O)NCCCC1CCCC1. The third-order valence-corrected chi connectivity index (χ3v) is 6.02. The molecular weight excluding hydrogens is 308 g/mol. The van der Waals surface area contributed by atoms with Gasteiger partial charge in [-0.3, -0.25) is 0 Å².